The summed E-state index contributed by atoms with van der Waals surface area (Å²) in [6, 6.07) is 0. The van der Waals surface area contributed by atoms with E-state index < -0.39 is 66.8 Å². The Morgan fingerprint density at radius 2 is 1.60 bits per heavy atom. The molecule has 0 radical (unpaired) electrons. The number of hydrogen-bond acceptors (Lipinski definition) is 10. The highest BCUT2D eigenvalue weighted by Crippen LogP contribution is 2.71. The smallest absolute Gasteiger partial charge is 0.187 e. The fourth-order valence-electron chi connectivity index (χ4n) is 11.9. The van der Waals surface area contributed by atoms with Crippen molar-refractivity contribution in [3.8, 4) is 0 Å². The third kappa shape index (κ3) is 4.41. The summed E-state index contributed by atoms with van der Waals surface area (Å²) < 4.78 is 25.5. The van der Waals surface area contributed by atoms with Crippen molar-refractivity contribution in [3.05, 3.63) is 0 Å². The van der Waals surface area contributed by atoms with Crippen LogP contribution in [0.2, 0.25) is 0 Å². The molecule has 0 unspecified atom stereocenters. The van der Waals surface area contributed by atoms with Crippen LogP contribution in [-0.4, -0.2) is 105 Å². The maximum atomic E-state index is 11.4. The summed E-state index contributed by atoms with van der Waals surface area (Å²) >= 11 is 0. The molecule has 1 spiro atoms. The molecular formula is C33H54O10. The van der Waals surface area contributed by atoms with Crippen molar-refractivity contribution in [2.75, 3.05) is 13.2 Å². The van der Waals surface area contributed by atoms with Crippen molar-refractivity contribution < 1.29 is 49.6 Å². The molecule has 0 aromatic heterocycles. The summed E-state index contributed by atoms with van der Waals surface area (Å²) in [7, 11) is 0. The molecule has 7 aliphatic rings. The first-order valence-corrected chi connectivity index (χ1v) is 17.0. The standard InChI is InChI=1S/C33H54O10/c1-15-7-10-33(40-14-15)16(2)24-22(43-33)12-20-18-6-5-17-11-21(35)25(36)29(32(17,4)19(18)8-9-31(20,24)3)42-30-28(39)27(38)26(37)23(13-34)41-30/h15-30,34-39H,5-14H2,1-4H3/t15-,16+,17-,18-,19-,20-,21+,22+,23-,24+,25-,26-,27+,28-,29-,30+,31+,32-,33-/m0/s1. The van der Waals surface area contributed by atoms with Gasteiger partial charge in [0.05, 0.1) is 31.5 Å². The first kappa shape index (κ1) is 31.2. The van der Waals surface area contributed by atoms with Gasteiger partial charge in [-0.1, -0.05) is 27.7 Å². The van der Waals surface area contributed by atoms with E-state index in [0.717, 1.165) is 51.6 Å². The Kier molecular flexibility index (Phi) is 7.86. The van der Waals surface area contributed by atoms with Crippen LogP contribution in [0.5, 0.6) is 0 Å². The van der Waals surface area contributed by atoms with Crippen molar-refractivity contribution in [1.82, 2.24) is 0 Å². The SMILES string of the molecule is C[C@H]1CC[C@]2(OC1)O[C@@H]1C[C@H]3[C@H]4CC[C@H]5C[C@@H](O)[C@H](O)[C@H](O[C@H]6O[C@@H](CO)[C@H](O)[C@@H](O)[C@@H]6O)[C@]5(C)[C@H]4CC[C@@]3(C)[C@@H]1[C@H]2C. The Morgan fingerprint density at radius 1 is 0.837 bits per heavy atom. The molecule has 3 heterocycles. The van der Waals surface area contributed by atoms with Crippen LogP contribution in [-0.2, 0) is 18.9 Å². The lowest BCUT2D eigenvalue weighted by Gasteiger charge is -2.64. The molecular weight excluding hydrogens is 556 g/mol. The molecule has 0 bridgehead atoms. The summed E-state index contributed by atoms with van der Waals surface area (Å²) in [4.78, 5) is 0. The Bertz CT molecular complexity index is 1030. The topological polar surface area (TPSA) is 158 Å². The van der Waals surface area contributed by atoms with Gasteiger partial charge in [0.1, 0.15) is 30.5 Å². The third-order valence-electron chi connectivity index (χ3n) is 14.2. The first-order valence-electron chi connectivity index (χ1n) is 17.0. The number of fused-ring (bicyclic) bond motifs is 7. The van der Waals surface area contributed by atoms with Crippen molar-refractivity contribution in [3.63, 3.8) is 0 Å². The molecule has 6 N–H and O–H groups in total. The van der Waals surface area contributed by atoms with Crippen molar-refractivity contribution in [2.45, 2.75) is 140 Å². The maximum Gasteiger partial charge on any atom is 0.187 e. The lowest BCUT2D eigenvalue weighted by atomic mass is 9.43. The molecule has 10 nitrogen and oxygen atoms in total. The van der Waals surface area contributed by atoms with Crippen LogP contribution >= 0.6 is 0 Å². The first-order chi connectivity index (χ1) is 20.4. The van der Waals surface area contributed by atoms with Gasteiger partial charge in [-0.05, 0) is 85.9 Å². The molecule has 0 aromatic carbocycles. The van der Waals surface area contributed by atoms with Gasteiger partial charge in [-0.3, -0.25) is 0 Å². The zero-order valence-corrected chi connectivity index (χ0v) is 26.1. The van der Waals surface area contributed by atoms with Crippen molar-refractivity contribution in [1.29, 1.82) is 0 Å². The van der Waals surface area contributed by atoms with E-state index in [0.29, 0.717) is 36.0 Å². The van der Waals surface area contributed by atoms with Crippen molar-refractivity contribution in [2.24, 2.45) is 52.3 Å². The van der Waals surface area contributed by atoms with E-state index in [1.165, 1.54) is 0 Å². The summed E-state index contributed by atoms with van der Waals surface area (Å²) in [5.74, 6) is 2.11. The van der Waals surface area contributed by atoms with Crippen molar-refractivity contribution >= 4 is 0 Å². The number of aliphatic hydroxyl groups excluding tert-OH is 6. The van der Waals surface area contributed by atoms with E-state index in [4.69, 9.17) is 18.9 Å². The second kappa shape index (κ2) is 10.8. The van der Waals surface area contributed by atoms with Gasteiger partial charge in [-0.25, -0.2) is 0 Å². The summed E-state index contributed by atoms with van der Waals surface area (Å²) in [5.41, 5.74) is -0.374. The van der Waals surface area contributed by atoms with E-state index in [1.54, 1.807) is 0 Å². The lowest BCUT2D eigenvalue weighted by molar-refractivity contribution is -0.346. The van der Waals surface area contributed by atoms with Crippen LogP contribution in [0.15, 0.2) is 0 Å². The van der Waals surface area contributed by atoms with Crippen LogP contribution in [0.4, 0.5) is 0 Å². The molecule has 43 heavy (non-hydrogen) atoms. The minimum absolute atomic E-state index is 0.114. The molecule has 3 aliphatic heterocycles. The third-order valence-corrected chi connectivity index (χ3v) is 14.2. The van der Waals surface area contributed by atoms with Gasteiger partial charge in [0, 0.05) is 17.8 Å². The summed E-state index contributed by atoms with van der Waals surface area (Å²) in [6.07, 6.45) is -2.33. The molecule has 19 atom stereocenters. The van der Waals surface area contributed by atoms with Gasteiger partial charge in [0.2, 0.25) is 0 Å². The maximum absolute atomic E-state index is 11.4. The van der Waals surface area contributed by atoms with E-state index in [1.807, 2.05) is 0 Å². The van der Waals surface area contributed by atoms with E-state index in [9.17, 15) is 30.6 Å². The fraction of sp³-hybridized carbons (Fsp3) is 1.00. The monoisotopic (exact) mass is 610 g/mol. The highest BCUT2D eigenvalue weighted by Gasteiger charge is 2.70. The number of aliphatic hydroxyl groups is 6. The fourth-order valence-corrected chi connectivity index (χ4v) is 11.9. The molecule has 3 saturated heterocycles. The highest BCUT2D eigenvalue weighted by atomic mass is 16.7. The average molecular weight is 611 g/mol. The predicted octanol–water partition coefficient (Wildman–Crippen LogP) is 1.56. The van der Waals surface area contributed by atoms with Crippen LogP contribution < -0.4 is 0 Å². The second-order valence-corrected chi connectivity index (χ2v) is 16.1. The largest absolute Gasteiger partial charge is 0.394 e. The molecule has 7 fully saturated rings. The zero-order valence-electron chi connectivity index (χ0n) is 26.1. The van der Waals surface area contributed by atoms with Gasteiger partial charge in [0.15, 0.2) is 12.1 Å². The van der Waals surface area contributed by atoms with E-state index in [-0.39, 0.29) is 23.4 Å². The zero-order chi connectivity index (χ0) is 30.6. The van der Waals surface area contributed by atoms with Gasteiger partial charge in [0.25, 0.3) is 0 Å². The lowest BCUT2D eigenvalue weighted by Crippen LogP contribution is -2.67. The van der Waals surface area contributed by atoms with Gasteiger partial charge >= 0.3 is 0 Å². The van der Waals surface area contributed by atoms with Gasteiger partial charge in [-0.15, -0.1) is 0 Å². The van der Waals surface area contributed by atoms with Gasteiger partial charge in [-0.2, -0.15) is 0 Å². The molecule has 7 rings (SSSR count). The van der Waals surface area contributed by atoms with Crippen LogP contribution in [0, 0.1) is 52.3 Å². The Hall–Kier alpha value is -0.400. The quantitative estimate of drug-likeness (QED) is 0.277. The molecule has 4 aliphatic carbocycles. The summed E-state index contributed by atoms with van der Waals surface area (Å²) in [5, 5.41) is 63.7. The Labute approximate surface area is 255 Å². The van der Waals surface area contributed by atoms with Gasteiger partial charge < -0.3 is 49.6 Å². The van der Waals surface area contributed by atoms with E-state index >= 15 is 0 Å². The predicted molar refractivity (Wildman–Crippen MR) is 153 cm³/mol. The molecule has 246 valence electrons. The minimum atomic E-state index is -1.57. The normalized spacial score (nSPS) is 61.5. The molecule has 0 aromatic rings. The molecule has 0 amide bonds. The molecule has 10 heteroatoms. The van der Waals surface area contributed by atoms with Crippen LogP contribution in [0.3, 0.4) is 0 Å². The number of hydrogen-bond donors (Lipinski definition) is 6. The summed E-state index contributed by atoms with van der Waals surface area (Å²) in [6.45, 7) is 9.47. The Morgan fingerprint density at radius 3 is 2.30 bits per heavy atom. The minimum Gasteiger partial charge on any atom is -0.394 e. The molecule has 4 saturated carbocycles. The average Bonchev–Trinajstić information content (AvgIpc) is 3.43. The van der Waals surface area contributed by atoms with E-state index in [2.05, 4.69) is 27.7 Å². The second-order valence-electron chi connectivity index (χ2n) is 16.1. The Balaban J connectivity index is 1.16. The van der Waals surface area contributed by atoms with Crippen LogP contribution in [0.25, 0.3) is 0 Å². The number of ether oxygens (including phenoxy) is 4. The number of rotatable bonds is 3. The highest BCUT2D eigenvalue weighted by molar-refractivity contribution is 5.17. The van der Waals surface area contributed by atoms with Crippen LogP contribution in [0.1, 0.15) is 79.1 Å².